The highest BCUT2D eigenvalue weighted by atomic mass is 16.7. The molecule has 1 saturated carbocycles. The van der Waals surface area contributed by atoms with Gasteiger partial charge in [-0.15, -0.1) is 0 Å². The van der Waals surface area contributed by atoms with E-state index < -0.39 is 6.04 Å². The van der Waals surface area contributed by atoms with Crippen LogP contribution in [0.15, 0.2) is 18.2 Å². The van der Waals surface area contributed by atoms with E-state index in [1.165, 1.54) is 0 Å². The average molecular weight is 431 g/mol. The zero-order valence-electron chi connectivity index (χ0n) is 17.7. The number of carbonyl (C=O) groups excluding carboxylic acids is 3. The Morgan fingerprint density at radius 1 is 1.13 bits per heavy atom. The quantitative estimate of drug-likeness (QED) is 0.593. The number of carbonyl (C=O) groups is 3. The lowest BCUT2D eigenvalue weighted by atomic mass is 9.88. The number of hydrogen-bond acceptors (Lipinski definition) is 6. The maximum Gasteiger partial charge on any atom is 0.252 e. The number of ether oxygens (including phenoxy) is 3. The van der Waals surface area contributed by atoms with Gasteiger partial charge in [0.05, 0.1) is 6.61 Å². The Kier molecular flexibility index (Phi) is 6.60. The first-order valence-corrected chi connectivity index (χ1v) is 10.8. The maximum absolute atomic E-state index is 12.9. The highest BCUT2D eigenvalue weighted by molar-refractivity contribution is 5.98. The Balaban J connectivity index is 1.42. The van der Waals surface area contributed by atoms with E-state index in [1.54, 1.807) is 25.3 Å². The third-order valence-electron chi connectivity index (χ3n) is 6.06. The van der Waals surface area contributed by atoms with Crippen molar-refractivity contribution in [3.8, 4) is 11.5 Å². The van der Waals surface area contributed by atoms with E-state index in [4.69, 9.17) is 14.2 Å². The highest BCUT2D eigenvalue weighted by Crippen LogP contribution is 2.34. The fraction of sp³-hybridized carbons (Fsp3) is 0.591. The lowest BCUT2D eigenvalue weighted by Gasteiger charge is -2.36. The molecule has 1 aliphatic carbocycles. The number of nitrogens with one attached hydrogen (secondary N) is 2. The molecular formula is C22H29N3O6. The Bertz CT molecular complexity index is 833. The lowest BCUT2D eigenvalue weighted by Crippen LogP contribution is -2.54. The number of hydrogen-bond donors (Lipinski definition) is 2. The van der Waals surface area contributed by atoms with E-state index in [9.17, 15) is 14.4 Å². The smallest absolute Gasteiger partial charge is 0.252 e. The summed E-state index contributed by atoms with van der Waals surface area (Å²) in [6, 6.07) is 4.27. The van der Waals surface area contributed by atoms with Crippen LogP contribution in [0, 0.1) is 11.8 Å². The molecule has 31 heavy (non-hydrogen) atoms. The van der Waals surface area contributed by atoms with Gasteiger partial charge in [-0.2, -0.15) is 0 Å². The molecule has 1 aromatic carbocycles. The maximum atomic E-state index is 12.9. The standard InChI is InChI=1S/C22H29N3O6/c1-29-11-8-23-21(27)19(14-6-9-25(10-7-14)22(28)15-2-3-15)24-20(26)16-4-5-17-18(12-16)31-13-30-17/h4-5,12,14-15,19H,2-3,6-11,13H2,1H3,(H,23,27)(H,24,26). The Labute approximate surface area is 181 Å². The summed E-state index contributed by atoms with van der Waals surface area (Å²) >= 11 is 0. The summed E-state index contributed by atoms with van der Waals surface area (Å²) in [6.45, 7) is 2.11. The Morgan fingerprint density at radius 2 is 1.87 bits per heavy atom. The fourth-order valence-corrected chi connectivity index (χ4v) is 4.09. The topological polar surface area (TPSA) is 106 Å². The molecule has 168 valence electrons. The SMILES string of the molecule is COCCNC(=O)C(NC(=O)c1ccc2c(c1)OCO2)C1CCN(C(=O)C2CC2)CC1. The number of methoxy groups -OCH3 is 1. The highest BCUT2D eigenvalue weighted by Gasteiger charge is 2.38. The van der Waals surface area contributed by atoms with Crippen LogP contribution in [0.5, 0.6) is 11.5 Å². The fourth-order valence-electron chi connectivity index (χ4n) is 4.09. The van der Waals surface area contributed by atoms with Crippen molar-refractivity contribution in [3.63, 3.8) is 0 Å². The molecular weight excluding hydrogens is 402 g/mol. The van der Waals surface area contributed by atoms with E-state index in [-0.39, 0.29) is 36.4 Å². The van der Waals surface area contributed by atoms with E-state index in [0.29, 0.717) is 56.1 Å². The molecule has 2 fully saturated rings. The van der Waals surface area contributed by atoms with Crippen LogP contribution < -0.4 is 20.1 Å². The van der Waals surface area contributed by atoms with Crippen molar-refractivity contribution in [2.24, 2.45) is 11.8 Å². The second-order valence-corrected chi connectivity index (χ2v) is 8.24. The van der Waals surface area contributed by atoms with Crippen molar-refractivity contribution in [2.75, 3.05) is 40.1 Å². The number of likely N-dealkylation sites (tertiary alicyclic amines) is 1. The zero-order chi connectivity index (χ0) is 21.8. The third-order valence-corrected chi connectivity index (χ3v) is 6.06. The molecule has 9 nitrogen and oxygen atoms in total. The molecule has 0 aromatic heterocycles. The van der Waals surface area contributed by atoms with Crippen molar-refractivity contribution in [1.29, 1.82) is 0 Å². The first kappa shape index (κ1) is 21.4. The number of benzene rings is 1. The molecule has 2 aliphatic heterocycles. The van der Waals surface area contributed by atoms with Crippen LogP contribution >= 0.6 is 0 Å². The molecule has 1 aromatic rings. The molecule has 2 heterocycles. The second kappa shape index (κ2) is 9.55. The van der Waals surface area contributed by atoms with Crippen LogP contribution in [0.1, 0.15) is 36.0 Å². The van der Waals surface area contributed by atoms with Crippen LogP contribution in [0.25, 0.3) is 0 Å². The molecule has 4 rings (SSSR count). The zero-order valence-corrected chi connectivity index (χ0v) is 17.7. The molecule has 1 atom stereocenters. The Morgan fingerprint density at radius 3 is 2.58 bits per heavy atom. The van der Waals surface area contributed by atoms with Gasteiger partial charge in [0.2, 0.25) is 18.6 Å². The normalized spacial score (nSPS) is 19.1. The predicted molar refractivity (Wildman–Crippen MR) is 111 cm³/mol. The third kappa shape index (κ3) is 5.10. The van der Waals surface area contributed by atoms with Gasteiger partial charge in [0.15, 0.2) is 11.5 Å². The summed E-state index contributed by atoms with van der Waals surface area (Å²) in [5.74, 6) is 0.890. The lowest BCUT2D eigenvalue weighted by molar-refractivity contribution is -0.134. The number of rotatable bonds is 8. The summed E-state index contributed by atoms with van der Waals surface area (Å²) in [7, 11) is 1.57. The predicted octanol–water partition coefficient (Wildman–Crippen LogP) is 0.925. The van der Waals surface area contributed by atoms with Gasteiger partial charge in [-0.3, -0.25) is 14.4 Å². The van der Waals surface area contributed by atoms with Crippen LogP contribution in [0.3, 0.4) is 0 Å². The van der Waals surface area contributed by atoms with Gasteiger partial charge in [0.1, 0.15) is 6.04 Å². The van der Waals surface area contributed by atoms with Gasteiger partial charge in [0.25, 0.3) is 5.91 Å². The van der Waals surface area contributed by atoms with Crippen LogP contribution in [0.2, 0.25) is 0 Å². The molecule has 1 saturated heterocycles. The number of fused-ring (bicyclic) bond motifs is 1. The molecule has 0 spiro atoms. The first-order valence-electron chi connectivity index (χ1n) is 10.8. The monoisotopic (exact) mass is 431 g/mol. The number of amides is 3. The Hall–Kier alpha value is -2.81. The molecule has 3 amide bonds. The van der Waals surface area contributed by atoms with E-state index in [2.05, 4.69) is 10.6 Å². The van der Waals surface area contributed by atoms with E-state index >= 15 is 0 Å². The largest absolute Gasteiger partial charge is 0.454 e. The molecule has 2 N–H and O–H groups in total. The summed E-state index contributed by atoms with van der Waals surface area (Å²) < 4.78 is 15.6. The van der Waals surface area contributed by atoms with Gasteiger partial charge in [0, 0.05) is 38.2 Å². The van der Waals surface area contributed by atoms with Crippen molar-refractivity contribution < 1.29 is 28.6 Å². The van der Waals surface area contributed by atoms with Crippen molar-refractivity contribution in [1.82, 2.24) is 15.5 Å². The summed E-state index contributed by atoms with van der Waals surface area (Å²) in [5, 5.41) is 5.75. The molecule has 0 bridgehead atoms. The van der Waals surface area contributed by atoms with Crippen molar-refractivity contribution in [2.45, 2.75) is 31.7 Å². The molecule has 1 unspecified atom stereocenters. The second-order valence-electron chi connectivity index (χ2n) is 8.24. The van der Waals surface area contributed by atoms with E-state index in [0.717, 1.165) is 12.8 Å². The minimum Gasteiger partial charge on any atom is -0.454 e. The van der Waals surface area contributed by atoms with Crippen molar-refractivity contribution >= 4 is 17.7 Å². The van der Waals surface area contributed by atoms with Gasteiger partial charge in [-0.05, 0) is 49.8 Å². The first-order chi connectivity index (χ1) is 15.1. The summed E-state index contributed by atoms with van der Waals surface area (Å²) in [5.41, 5.74) is 0.403. The van der Waals surface area contributed by atoms with Gasteiger partial charge in [-0.1, -0.05) is 0 Å². The van der Waals surface area contributed by atoms with Gasteiger partial charge in [-0.25, -0.2) is 0 Å². The summed E-state index contributed by atoms with van der Waals surface area (Å²) in [4.78, 5) is 40.1. The van der Waals surface area contributed by atoms with Crippen LogP contribution in [0.4, 0.5) is 0 Å². The van der Waals surface area contributed by atoms with Gasteiger partial charge < -0.3 is 29.7 Å². The number of nitrogens with zero attached hydrogens (tertiary/aromatic N) is 1. The summed E-state index contributed by atoms with van der Waals surface area (Å²) in [6.07, 6.45) is 3.30. The van der Waals surface area contributed by atoms with Crippen LogP contribution in [-0.2, 0) is 14.3 Å². The number of piperidine rings is 1. The molecule has 0 radical (unpaired) electrons. The van der Waals surface area contributed by atoms with Crippen LogP contribution in [-0.4, -0.2) is 68.8 Å². The van der Waals surface area contributed by atoms with E-state index in [1.807, 2.05) is 4.90 Å². The minimum atomic E-state index is -0.687. The average Bonchev–Trinajstić information content (AvgIpc) is 3.53. The molecule has 9 heteroatoms. The van der Waals surface area contributed by atoms with Crippen molar-refractivity contribution in [3.05, 3.63) is 23.8 Å². The molecule has 3 aliphatic rings. The van der Waals surface area contributed by atoms with Gasteiger partial charge >= 0.3 is 0 Å². The minimum absolute atomic E-state index is 0.0521.